The lowest BCUT2D eigenvalue weighted by Gasteiger charge is -2.37. The topological polar surface area (TPSA) is 180 Å². The molecule has 244 valence electrons. The van der Waals surface area contributed by atoms with Gasteiger partial charge in [0.1, 0.15) is 6.04 Å². The molecule has 6 unspecified atom stereocenters. The van der Waals surface area contributed by atoms with Crippen molar-refractivity contribution in [2.24, 2.45) is 23.3 Å². The summed E-state index contributed by atoms with van der Waals surface area (Å²) in [5, 5.41) is 29.4. The number of amides is 2. The van der Waals surface area contributed by atoms with Crippen molar-refractivity contribution < 1.29 is 9.59 Å². The lowest BCUT2D eigenvalue weighted by molar-refractivity contribution is -0.131. The Morgan fingerprint density at radius 2 is 1.75 bits per heavy atom. The Morgan fingerprint density at radius 3 is 2.35 bits per heavy atom. The zero-order chi connectivity index (χ0) is 33.7. The van der Waals surface area contributed by atoms with Crippen molar-refractivity contribution in [2.45, 2.75) is 63.1 Å². The number of aromatic nitrogens is 4. The number of aromatic amines is 1. The van der Waals surface area contributed by atoms with Gasteiger partial charge in [-0.15, -0.1) is 10.2 Å². The van der Waals surface area contributed by atoms with Gasteiger partial charge in [0.2, 0.25) is 11.8 Å². The maximum atomic E-state index is 13.9. The number of hydrogen-bond donors (Lipinski definition) is 4. The van der Waals surface area contributed by atoms with E-state index in [1.165, 1.54) is 0 Å². The van der Waals surface area contributed by atoms with E-state index in [1.54, 1.807) is 11.0 Å². The Labute approximate surface area is 279 Å². The molecule has 0 spiro atoms. The van der Waals surface area contributed by atoms with Gasteiger partial charge < -0.3 is 21.7 Å². The van der Waals surface area contributed by atoms with Crippen molar-refractivity contribution in [1.29, 1.82) is 5.26 Å². The number of primary amides is 1. The van der Waals surface area contributed by atoms with E-state index in [0.29, 0.717) is 48.2 Å². The minimum absolute atomic E-state index is 0.0568. The summed E-state index contributed by atoms with van der Waals surface area (Å²) < 4.78 is 0. The summed E-state index contributed by atoms with van der Waals surface area (Å²) in [6.07, 6.45) is 2.44. The molecule has 4 aromatic rings. The SMILES string of the molecule is C=C(N)c1ccc2c(c1)CCc1cc(C(N)=O)ccc1C2(CC(NCC(=O)N1C(C#N)CC2C(C)C21)c1ccc(C)cc1)c1nn[nH]n1. The molecule has 6 N–H and O–H groups in total. The number of nitrogens with one attached hydrogen (secondary N) is 2. The van der Waals surface area contributed by atoms with Gasteiger partial charge >= 0.3 is 0 Å². The summed E-state index contributed by atoms with van der Waals surface area (Å²) in [6.45, 7) is 8.21. The van der Waals surface area contributed by atoms with Crippen LogP contribution in [0.3, 0.4) is 0 Å². The molecule has 1 saturated heterocycles. The second-order valence-electron chi connectivity index (χ2n) is 13.5. The molecular formula is C37H39N9O2. The Balaban J connectivity index is 1.37. The molecule has 3 aliphatic rings. The predicted molar refractivity (Wildman–Crippen MR) is 180 cm³/mol. The molecule has 1 aromatic heterocycles. The van der Waals surface area contributed by atoms with Gasteiger partial charge in [-0.1, -0.05) is 66.7 Å². The lowest BCUT2D eigenvalue weighted by Crippen LogP contribution is -2.45. The molecule has 6 atom stereocenters. The third-order valence-corrected chi connectivity index (χ3v) is 10.8. The summed E-state index contributed by atoms with van der Waals surface area (Å²) in [4.78, 5) is 28.0. The first-order valence-electron chi connectivity index (χ1n) is 16.4. The lowest BCUT2D eigenvalue weighted by atomic mass is 9.67. The Hall–Kier alpha value is -5.34. The molecule has 48 heavy (non-hydrogen) atoms. The zero-order valence-corrected chi connectivity index (χ0v) is 27.1. The number of likely N-dealkylation sites (tertiary alicyclic amines) is 1. The van der Waals surface area contributed by atoms with Crippen LogP contribution in [-0.2, 0) is 23.1 Å². The molecule has 0 radical (unpaired) electrons. The number of hydrogen-bond acceptors (Lipinski definition) is 8. The molecule has 2 aliphatic carbocycles. The Bertz CT molecular complexity index is 1880. The first-order chi connectivity index (χ1) is 23.1. The van der Waals surface area contributed by atoms with E-state index >= 15 is 0 Å². The number of piperidine rings is 1. The molecule has 3 aromatic carbocycles. The molecule has 11 heteroatoms. The normalized spacial score (nSPS) is 24.4. The molecular weight excluding hydrogens is 602 g/mol. The van der Waals surface area contributed by atoms with Crippen LogP contribution in [0, 0.1) is 30.1 Å². The number of tetrazole rings is 1. The van der Waals surface area contributed by atoms with Crippen molar-refractivity contribution in [1.82, 2.24) is 30.8 Å². The number of rotatable bonds is 9. The van der Waals surface area contributed by atoms with E-state index in [-0.39, 0.29) is 24.5 Å². The zero-order valence-electron chi connectivity index (χ0n) is 27.1. The Morgan fingerprint density at radius 1 is 1.08 bits per heavy atom. The molecule has 2 amide bonds. The van der Waals surface area contributed by atoms with Gasteiger partial charge in [-0.3, -0.25) is 9.59 Å². The number of nitriles is 1. The van der Waals surface area contributed by atoms with Crippen LogP contribution < -0.4 is 16.8 Å². The molecule has 0 bridgehead atoms. The van der Waals surface area contributed by atoms with Crippen LogP contribution in [0.4, 0.5) is 0 Å². The molecule has 2 fully saturated rings. The fraction of sp³-hybridized carbons (Fsp3) is 0.351. The summed E-state index contributed by atoms with van der Waals surface area (Å²) >= 11 is 0. The number of aryl methyl sites for hydroxylation is 3. The fourth-order valence-corrected chi connectivity index (χ4v) is 8.18. The number of carbonyl (C=O) groups excluding carboxylic acids is 2. The summed E-state index contributed by atoms with van der Waals surface area (Å²) in [7, 11) is 0. The first-order valence-corrected chi connectivity index (χ1v) is 16.4. The largest absolute Gasteiger partial charge is 0.399 e. The van der Waals surface area contributed by atoms with E-state index in [2.05, 4.69) is 81.9 Å². The molecule has 11 nitrogen and oxygen atoms in total. The van der Waals surface area contributed by atoms with Gasteiger partial charge in [0.05, 0.1) is 18.0 Å². The van der Waals surface area contributed by atoms with Crippen LogP contribution in [0.15, 0.2) is 67.2 Å². The second-order valence-corrected chi connectivity index (χ2v) is 13.5. The quantitative estimate of drug-likeness (QED) is 0.215. The number of carbonyl (C=O) groups is 2. The van der Waals surface area contributed by atoms with Crippen molar-refractivity contribution in [3.05, 3.63) is 118 Å². The maximum absolute atomic E-state index is 13.9. The van der Waals surface area contributed by atoms with Crippen LogP contribution in [0.2, 0.25) is 0 Å². The highest BCUT2D eigenvalue weighted by Gasteiger charge is 2.60. The van der Waals surface area contributed by atoms with E-state index < -0.39 is 17.4 Å². The first kappa shape index (κ1) is 31.3. The second kappa shape index (κ2) is 12.0. The third-order valence-electron chi connectivity index (χ3n) is 10.8. The van der Waals surface area contributed by atoms with Gasteiger partial charge in [0, 0.05) is 23.3 Å². The van der Waals surface area contributed by atoms with Crippen LogP contribution in [0.1, 0.15) is 80.9 Å². The highest BCUT2D eigenvalue weighted by atomic mass is 16.2. The monoisotopic (exact) mass is 641 g/mol. The van der Waals surface area contributed by atoms with E-state index in [9.17, 15) is 14.9 Å². The van der Waals surface area contributed by atoms with Gasteiger partial charge in [-0.2, -0.15) is 10.5 Å². The van der Waals surface area contributed by atoms with Crippen LogP contribution >= 0.6 is 0 Å². The standard InChI is InChI=1S/C37H39N9O2/c1-20-4-6-23(7-5-20)32(41-19-33(47)46-28(18-38)16-29-21(2)34(29)46)17-37(36-42-44-45-43-36)30-12-10-24(22(3)39)14-25(30)8-9-26-15-27(35(40)48)11-13-31(26)37/h4-7,10-15,21,28-29,32,34,41H,3,8-9,16-17,19,39H2,1-2H3,(H2,40,48)(H,42,43,44,45). The summed E-state index contributed by atoms with van der Waals surface area (Å²) in [6, 6.07) is 21.6. The minimum atomic E-state index is -0.969. The average molecular weight is 642 g/mol. The Kier molecular flexibility index (Phi) is 7.84. The summed E-state index contributed by atoms with van der Waals surface area (Å²) in [5.41, 5.74) is 18.6. The van der Waals surface area contributed by atoms with Gasteiger partial charge in [0.25, 0.3) is 0 Å². The van der Waals surface area contributed by atoms with Crippen molar-refractivity contribution >= 4 is 17.5 Å². The number of H-pyrrole nitrogens is 1. The van der Waals surface area contributed by atoms with E-state index in [4.69, 9.17) is 11.5 Å². The highest BCUT2D eigenvalue weighted by Crippen LogP contribution is 2.53. The van der Waals surface area contributed by atoms with Crippen LogP contribution in [0.5, 0.6) is 0 Å². The molecule has 1 saturated carbocycles. The van der Waals surface area contributed by atoms with Crippen LogP contribution in [-0.4, -0.2) is 56.0 Å². The van der Waals surface area contributed by atoms with Gasteiger partial charge in [-0.05, 0) is 96.0 Å². The minimum Gasteiger partial charge on any atom is -0.399 e. The number of benzene rings is 3. The van der Waals surface area contributed by atoms with Crippen LogP contribution in [0.25, 0.3) is 5.70 Å². The fourth-order valence-electron chi connectivity index (χ4n) is 8.18. The predicted octanol–water partition coefficient (Wildman–Crippen LogP) is 3.45. The molecule has 1 aliphatic heterocycles. The smallest absolute Gasteiger partial charge is 0.248 e. The number of nitrogens with two attached hydrogens (primary N) is 2. The number of fused-ring (bicyclic) bond motifs is 3. The van der Waals surface area contributed by atoms with Crippen molar-refractivity contribution in [3.8, 4) is 6.07 Å². The maximum Gasteiger partial charge on any atom is 0.248 e. The highest BCUT2D eigenvalue weighted by molar-refractivity contribution is 5.93. The molecule has 7 rings (SSSR count). The van der Waals surface area contributed by atoms with Crippen molar-refractivity contribution in [2.75, 3.05) is 6.54 Å². The van der Waals surface area contributed by atoms with E-state index in [1.807, 2.05) is 25.1 Å². The third kappa shape index (κ3) is 5.22. The summed E-state index contributed by atoms with van der Waals surface area (Å²) in [5.74, 6) is 0.678. The van der Waals surface area contributed by atoms with Gasteiger partial charge in [-0.25, -0.2) is 0 Å². The molecule has 2 heterocycles. The van der Waals surface area contributed by atoms with E-state index in [0.717, 1.165) is 45.4 Å². The van der Waals surface area contributed by atoms with Gasteiger partial charge in [0.15, 0.2) is 5.82 Å². The average Bonchev–Trinajstić information content (AvgIpc) is 3.43. The number of nitrogens with zero attached hydrogens (tertiary/aromatic N) is 5. The van der Waals surface area contributed by atoms with Crippen molar-refractivity contribution in [3.63, 3.8) is 0 Å².